The summed E-state index contributed by atoms with van der Waals surface area (Å²) < 4.78 is 8.72. The molecular weight excluding hydrogens is 651 g/mol. The van der Waals surface area contributed by atoms with E-state index in [1.54, 1.807) is 0 Å². The number of aromatic nitrogens is 5. The Balaban J connectivity index is 1.06. The maximum absolute atomic E-state index is 6.43. The molecule has 0 aliphatic heterocycles. The van der Waals surface area contributed by atoms with Crippen LogP contribution in [0.5, 0.6) is 0 Å². The van der Waals surface area contributed by atoms with Gasteiger partial charge in [0, 0.05) is 50.0 Å². The molecule has 6 aromatic carbocycles. The number of pyridine rings is 1. The van der Waals surface area contributed by atoms with Gasteiger partial charge in [0.25, 0.3) is 0 Å². The zero-order chi connectivity index (χ0) is 35.3. The second kappa shape index (κ2) is 11.0. The lowest BCUT2D eigenvalue weighted by molar-refractivity contribution is 0.660. The molecule has 0 bridgehead atoms. The highest BCUT2D eigenvalue weighted by molar-refractivity contribution is 6.09. The predicted molar refractivity (Wildman–Crippen MR) is 213 cm³/mol. The van der Waals surface area contributed by atoms with E-state index in [1.165, 1.54) is 27.6 Å². The number of hydrogen-bond acceptors (Lipinski definition) is 5. The maximum atomic E-state index is 6.43. The largest absolute Gasteiger partial charge is 0.455 e. The van der Waals surface area contributed by atoms with Gasteiger partial charge in [-0.3, -0.25) is 4.57 Å². The van der Waals surface area contributed by atoms with Gasteiger partial charge >= 0.3 is 0 Å². The second-order valence-corrected chi connectivity index (χ2v) is 14.3. The zero-order valence-electron chi connectivity index (χ0n) is 29.1. The summed E-state index contributed by atoms with van der Waals surface area (Å²) >= 11 is 0. The summed E-state index contributed by atoms with van der Waals surface area (Å²) in [5, 5.41) is 4.46. The highest BCUT2D eigenvalue weighted by Crippen LogP contribution is 2.50. The molecule has 0 atom stereocenters. The maximum Gasteiger partial charge on any atom is 0.167 e. The van der Waals surface area contributed by atoms with Crippen molar-refractivity contribution in [1.82, 2.24) is 24.5 Å². The first-order chi connectivity index (χ1) is 26.0. The lowest BCUT2D eigenvalue weighted by Gasteiger charge is -2.23. The molecule has 6 heteroatoms. The van der Waals surface area contributed by atoms with E-state index in [1.807, 2.05) is 72.9 Å². The molecule has 0 spiro atoms. The average Bonchev–Trinajstić information content (AvgIpc) is 3.83. The Hall–Kier alpha value is -6.92. The molecule has 11 rings (SSSR count). The molecule has 6 nitrogen and oxygen atoms in total. The lowest BCUT2D eigenvalue weighted by Crippen LogP contribution is -2.15. The Morgan fingerprint density at radius 3 is 2.06 bits per heavy atom. The summed E-state index contributed by atoms with van der Waals surface area (Å²) in [4.78, 5) is 20.1. The topological polar surface area (TPSA) is 69.6 Å². The van der Waals surface area contributed by atoms with Crippen molar-refractivity contribution in [2.75, 3.05) is 0 Å². The first-order valence-electron chi connectivity index (χ1n) is 17.9. The number of para-hydroxylation sites is 3. The van der Waals surface area contributed by atoms with Gasteiger partial charge in [0.2, 0.25) is 0 Å². The Bertz CT molecular complexity index is 3050. The molecule has 1 aliphatic rings. The van der Waals surface area contributed by atoms with Crippen molar-refractivity contribution in [2.24, 2.45) is 0 Å². The molecule has 0 fully saturated rings. The SMILES string of the molecule is CC1(C)c2cc(-c3nc(-c4ccccc4)nc(-c4cccc5c4oc4ccccc45)n3)ccc2-c2ccc(-n3c4ccccc4c4cccnc43)cc21. The molecule has 0 amide bonds. The van der Waals surface area contributed by atoms with Gasteiger partial charge < -0.3 is 4.42 Å². The van der Waals surface area contributed by atoms with Crippen LogP contribution in [0.3, 0.4) is 0 Å². The summed E-state index contributed by atoms with van der Waals surface area (Å²) in [5.74, 6) is 1.81. The Kier molecular flexibility index (Phi) is 6.20. The fourth-order valence-electron chi connectivity index (χ4n) is 8.33. The molecule has 4 heterocycles. The van der Waals surface area contributed by atoms with E-state index in [2.05, 4.69) is 97.3 Å². The molecule has 1 aliphatic carbocycles. The van der Waals surface area contributed by atoms with E-state index >= 15 is 0 Å². The fourth-order valence-corrected chi connectivity index (χ4v) is 8.33. The van der Waals surface area contributed by atoms with Crippen molar-refractivity contribution in [1.29, 1.82) is 0 Å². The first-order valence-corrected chi connectivity index (χ1v) is 17.9. The minimum absolute atomic E-state index is 0.277. The third kappa shape index (κ3) is 4.39. The van der Waals surface area contributed by atoms with E-state index in [0.29, 0.717) is 17.5 Å². The number of fused-ring (bicyclic) bond motifs is 9. The Morgan fingerprint density at radius 1 is 0.509 bits per heavy atom. The number of benzene rings is 6. The third-order valence-electron chi connectivity index (χ3n) is 10.9. The van der Waals surface area contributed by atoms with E-state index in [4.69, 9.17) is 24.4 Å². The van der Waals surface area contributed by atoms with Crippen LogP contribution in [0.4, 0.5) is 0 Å². The molecule has 0 N–H and O–H groups in total. The standard InChI is InChI=1S/C47H31N5O/c1-47(2)38-26-29(21-23-31(38)32-24-22-30(27-39(32)47)52-40-19-8-6-14-33(40)36-18-11-25-48-46(36)52)44-49-43(28-12-4-3-5-13-28)50-45(51-44)37-17-10-16-35-34-15-7-9-20-41(34)53-42(35)37/h3-27H,1-2H3. The van der Waals surface area contributed by atoms with E-state index in [0.717, 1.165) is 60.9 Å². The van der Waals surface area contributed by atoms with Crippen LogP contribution in [0.25, 0.3) is 94.9 Å². The zero-order valence-corrected chi connectivity index (χ0v) is 29.1. The van der Waals surface area contributed by atoms with Crippen LogP contribution < -0.4 is 0 Å². The smallest absolute Gasteiger partial charge is 0.167 e. The van der Waals surface area contributed by atoms with Crippen LogP contribution in [-0.4, -0.2) is 24.5 Å². The molecule has 0 saturated carbocycles. The van der Waals surface area contributed by atoms with Crippen molar-refractivity contribution in [3.05, 3.63) is 163 Å². The van der Waals surface area contributed by atoms with Gasteiger partial charge in [0.05, 0.1) is 11.1 Å². The number of rotatable bonds is 4. The lowest BCUT2D eigenvalue weighted by atomic mass is 9.82. The van der Waals surface area contributed by atoms with Crippen LogP contribution in [0.1, 0.15) is 25.0 Å². The van der Waals surface area contributed by atoms with Gasteiger partial charge in [-0.05, 0) is 70.8 Å². The molecule has 53 heavy (non-hydrogen) atoms. The predicted octanol–water partition coefficient (Wildman–Crippen LogP) is 11.6. The quantitative estimate of drug-likeness (QED) is 0.185. The van der Waals surface area contributed by atoms with Crippen molar-refractivity contribution in [3.63, 3.8) is 0 Å². The van der Waals surface area contributed by atoms with Crippen molar-refractivity contribution in [3.8, 4) is 51.0 Å². The van der Waals surface area contributed by atoms with Gasteiger partial charge in [0.1, 0.15) is 16.8 Å². The minimum atomic E-state index is -0.277. The average molecular weight is 682 g/mol. The monoisotopic (exact) mass is 681 g/mol. The van der Waals surface area contributed by atoms with Gasteiger partial charge in [0.15, 0.2) is 17.5 Å². The van der Waals surface area contributed by atoms with Crippen LogP contribution in [0.2, 0.25) is 0 Å². The fraction of sp³-hybridized carbons (Fsp3) is 0.0638. The van der Waals surface area contributed by atoms with Crippen LogP contribution in [0.15, 0.2) is 156 Å². The van der Waals surface area contributed by atoms with Gasteiger partial charge in [-0.2, -0.15) is 0 Å². The van der Waals surface area contributed by atoms with Gasteiger partial charge in [-0.15, -0.1) is 0 Å². The number of furan rings is 1. The third-order valence-corrected chi connectivity index (χ3v) is 10.9. The van der Waals surface area contributed by atoms with E-state index < -0.39 is 0 Å². The van der Waals surface area contributed by atoms with Gasteiger partial charge in [-0.25, -0.2) is 19.9 Å². The molecule has 4 aromatic heterocycles. The summed E-state index contributed by atoms with van der Waals surface area (Å²) in [6.45, 7) is 4.62. The molecule has 250 valence electrons. The summed E-state index contributed by atoms with van der Waals surface area (Å²) in [7, 11) is 0. The minimum Gasteiger partial charge on any atom is -0.455 e. The van der Waals surface area contributed by atoms with Crippen LogP contribution in [-0.2, 0) is 5.41 Å². The Labute approximate surface area is 305 Å². The van der Waals surface area contributed by atoms with E-state index in [9.17, 15) is 0 Å². The second-order valence-electron chi connectivity index (χ2n) is 14.3. The molecule has 10 aromatic rings. The summed E-state index contributed by atoms with van der Waals surface area (Å²) in [5.41, 5.74) is 12.2. The highest BCUT2D eigenvalue weighted by atomic mass is 16.3. The van der Waals surface area contributed by atoms with Crippen molar-refractivity contribution < 1.29 is 4.42 Å². The number of nitrogens with zero attached hydrogens (tertiary/aromatic N) is 5. The molecule has 0 radical (unpaired) electrons. The first kappa shape index (κ1) is 29.8. The number of hydrogen-bond donors (Lipinski definition) is 0. The highest BCUT2D eigenvalue weighted by Gasteiger charge is 2.36. The van der Waals surface area contributed by atoms with E-state index in [-0.39, 0.29) is 5.41 Å². The molecule has 0 unspecified atom stereocenters. The summed E-state index contributed by atoms with van der Waals surface area (Å²) in [6.07, 6.45) is 1.87. The van der Waals surface area contributed by atoms with Crippen molar-refractivity contribution in [2.45, 2.75) is 19.3 Å². The molecular formula is C47H31N5O. The van der Waals surface area contributed by atoms with Gasteiger partial charge in [-0.1, -0.05) is 111 Å². The summed E-state index contributed by atoms with van der Waals surface area (Å²) in [6, 6.07) is 50.6. The van der Waals surface area contributed by atoms with Crippen molar-refractivity contribution >= 4 is 43.9 Å². The normalized spacial score (nSPS) is 13.2. The molecule has 0 saturated heterocycles. The van der Waals surface area contributed by atoms with Crippen LogP contribution >= 0.6 is 0 Å². The van der Waals surface area contributed by atoms with Crippen LogP contribution in [0, 0.1) is 0 Å². The Morgan fingerprint density at radius 2 is 1.19 bits per heavy atom.